The number of allylic oxidation sites excluding steroid dienone is 4. The van der Waals surface area contributed by atoms with Gasteiger partial charge in [0.25, 0.3) is 0 Å². The first-order valence-corrected chi connectivity index (χ1v) is 39.8. The zero-order valence-electron chi connectivity index (χ0n) is 64.4. The van der Waals surface area contributed by atoms with Crippen molar-refractivity contribution in [2.45, 2.75) is 83.7 Å². The number of ether oxygens (including phenoxy) is 17. The molecule has 0 N–H and O–H groups in total. The molecule has 0 bridgehead atoms. The predicted molar refractivity (Wildman–Crippen MR) is 435 cm³/mol. The number of hydrogen-bond acceptors (Lipinski definition) is 17. The van der Waals surface area contributed by atoms with Gasteiger partial charge in [-0.15, -0.1) is 26.3 Å². The van der Waals surface area contributed by atoms with Crippen molar-refractivity contribution < 1.29 is 80.5 Å². The van der Waals surface area contributed by atoms with Crippen LogP contribution >= 0.6 is 0 Å². The maximum atomic E-state index is 7.92. The zero-order chi connectivity index (χ0) is 77.8. The van der Waals surface area contributed by atoms with E-state index in [1.165, 1.54) is 0 Å². The number of rotatable bonds is 44. The smallest absolute Gasteiger partial charge is 0.124 e. The topological polar surface area (TPSA) is 183 Å². The van der Waals surface area contributed by atoms with Gasteiger partial charge in [-0.05, 0) is 81.9 Å². The Morgan fingerprint density at radius 1 is 0.226 bits per heavy atom. The van der Waals surface area contributed by atoms with E-state index in [0.717, 1.165) is 77.9 Å². The molecule has 8 saturated heterocycles. The van der Waals surface area contributed by atoms with Gasteiger partial charge >= 0.3 is 0 Å². The van der Waals surface area contributed by atoms with Crippen molar-refractivity contribution in [1.29, 1.82) is 0 Å². The summed E-state index contributed by atoms with van der Waals surface area (Å²) in [4.78, 5) is 0. The fourth-order valence-corrected chi connectivity index (χ4v) is 16.4. The quantitative estimate of drug-likeness (QED) is 0.0199. The van der Waals surface area contributed by atoms with Gasteiger partial charge in [-0.25, -0.2) is 0 Å². The van der Waals surface area contributed by atoms with E-state index in [1.54, 1.807) is 0 Å². The molecule has 0 spiro atoms. The molecule has 8 aliphatic rings. The van der Waals surface area contributed by atoms with Crippen LogP contribution in [0, 0.1) is 0 Å². The molecular weight excluding hydrogens is 1450 g/mol. The highest BCUT2D eigenvalue weighted by atomic mass is 16.6. The predicted octanol–water partition coefficient (Wildman–Crippen LogP) is 15.7. The molecule has 0 amide bonds. The van der Waals surface area contributed by atoms with Crippen LogP contribution in [0.15, 0.2) is 281 Å². The molecule has 17 heteroatoms. The highest BCUT2D eigenvalue weighted by Crippen LogP contribution is 2.59. The molecule has 0 aliphatic carbocycles. The first-order valence-electron chi connectivity index (χ1n) is 39.8. The standard InChI is InChI=1S/C98H94O17/c1-5-95(75-29-9-17-39-85(75)108-57-67-49-100-67,76-30-10-18-40-86(76)109-58-68-50-101-68)83-37-25-27-65(93(83)97(7-3,79-33-13-21-43-89(79)112-61-71-53-104-71)80-34-14-22-44-90(80)113-62-72-54-105-72)47-99-48-66-28-26-38-84(96(6-2,77-31-11-19-41-87(77)110-59-69-51-102-69)78-32-12-20-42-88(78)111-60-70-52-103-70)94(66)98(8-4,81-35-15-23-45-91(81)114-63-73-55-106-73)82-36-16-24-46-92(82)115-64-74-56-107-74/h5-46,67-74H,1-4,47-64H2. The Bertz CT molecular complexity index is 4600. The molecule has 0 aromatic heterocycles. The van der Waals surface area contributed by atoms with E-state index in [0.29, 0.717) is 152 Å². The van der Waals surface area contributed by atoms with Crippen LogP contribution in [0.5, 0.6) is 46.0 Å². The Morgan fingerprint density at radius 2 is 0.391 bits per heavy atom. The largest absolute Gasteiger partial charge is 0.490 e. The lowest BCUT2D eigenvalue weighted by atomic mass is 9.59. The minimum atomic E-state index is -1.40. The molecule has 17 nitrogen and oxygen atoms in total. The maximum absolute atomic E-state index is 7.92. The van der Waals surface area contributed by atoms with E-state index in [9.17, 15) is 0 Å². The van der Waals surface area contributed by atoms with Gasteiger partial charge in [0, 0.05) is 44.5 Å². The highest BCUT2D eigenvalue weighted by Gasteiger charge is 2.52. The molecular formula is C98H94O17. The van der Waals surface area contributed by atoms with E-state index < -0.39 is 21.7 Å². The average Bonchev–Trinajstić information content (AvgIpc) is 1.45. The maximum Gasteiger partial charge on any atom is 0.124 e. The van der Waals surface area contributed by atoms with Gasteiger partial charge in [0.05, 0.1) is 87.7 Å². The summed E-state index contributed by atoms with van der Waals surface area (Å²) < 4.78 is 111. The Hall–Kier alpha value is -10.8. The van der Waals surface area contributed by atoms with E-state index in [1.807, 2.05) is 146 Å². The summed E-state index contributed by atoms with van der Waals surface area (Å²) in [6.45, 7) is 27.1. The Kier molecular flexibility index (Phi) is 21.8. The Balaban J connectivity index is 0.905. The van der Waals surface area contributed by atoms with Gasteiger partial charge in [-0.3, -0.25) is 0 Å². The molecule has 588 valence electrons. The highest BCUT2D eigenvalue weighted by molar-refractivity contribution is 5.75. The lowest BCUT2D eigenvalue weighted by molar-refractivity contribution is 0.105. The monoisotopic (exact) mass is 1540 g/mol. The molecule has 8 aliphatic heterocycles. The molecule has 8 unspecified atom stereocenters. The SMILES string of the molecule is C=CC(c1ccccc1OCC1CO1)(c1ccccc1OCC1CO1)c1cccc(COCc2cccc(C(C=C)(c3ccccc3OCC3CO3)c3ccccc3OCC3CO3)c2C(C=C)(c2ccccc2OCC2CO2)c2ccccc2OCC2CO2)c1C(C=C)(c1ccccc1OCC1CO1)c1ccccc1OCC1CO1. The molecule has 10 aromatic rings. The minimum absolute atomic E-state index is 0.0163. The van der Waals surface area contributed by atoms with Crippen molar-refractivity contribution in [2.75, 3.05) is 106 Å². The van der Waals surface area contributed by atoms with Crippen molar-refractivity contribution in [2.24, 2.45) is 0 Å². The fourth-order valence-electron chi connectivity index (χ4n) is 16.4. The van der Waals surface area contributed by atoms with E-state index >= 15 is 0 Å². The van der Waals surface area contributed by atoms with Crippen molar-refractivity contribution in [1.82, 2.24) is 0 Å². The molecule has 8 heterocycles. The third-order valence-corrected chi connectivity index (χ3v) is 22.8. The Labute approximate surface area is 671 Å². The summed E-state index contributed by atoms with van der Waals surface area (Å²) in [5.74, 6) is 4.96. The summed E-state index contributed by atoms with van der Waals surface area (Å²) in [6.07, 6.45) is 7.47. The second-order valence-corrected chi connectivity index (χ2v) is 30.3. The lowest BCUT2D eigenvalue weighted by Gasteiger charge is -2.43. The molecule has 0 radical (unpaired) electrons. The van der Waals surface area contributed by atoms with Gasteiger partial charge in [0.1, 0.15) is 148 Å². The summed E-state index contributed by atoms with van der Waals surface area (Å²) >= 11 is 0. The Morgan fingerprint density at radius 3 is 0.565 bits per heavy atom. The lowest BCUT2D eigenvalue weighted by Crippen LogP contribution is -2.37. The third kappa shape index (κ3) is 15.7. The third-order valence-electron chi connectivity index (χ3n) is 22.8. The van der Waals surface area contributed by atoms with Gasteiger partial charge in [0.2, 0.25) is 0 Å². The number of benzene rings is 10. The van der Waals surface area contributed by atoms with E-state index in [4.69, 9.17) is 107 Å². The van der Waals surface area contributed by atoms with Crippen molar-refractivity contribution in [3.05, 3.63) is 359 Å². The molecule has 8 fully saturated rings. The van der Waals surface area contributed by atoms with Crippen molar-refractivity contribution >= 4 is 0 Å². The van der Waals surface area contributed by atoms with Gasteiger partial charge in [-0.2, -0.15) is 0 Å². The van der Waals surface area contributed by atoms with E-state index in [-0.39, 0.29) is 62.0 Å². The van der Waals surface area contributed by atoms with Crippen LogP contribution in [0.3, 0.4) is 0 Å². The van der Waals surface area contributed by atoms with Crippen LogP contribution in [0.2, 0.25) is 0 Å². The molecule has 18 rings (SSSR count). The van der Waals surface area contributed by atoms with Crippen LogP contribution in [0.1, 0.15) is 77.9 Å². The second-order valence-electron chi connectivity index (χ2n) is 30.3. The summed E-state index contributed by atoms with van der Waals surface area (Å²) in [5.41, 5.74) is 5.56. The number of para-hydroxylation sites is 8. The van der Waals surface area contributed by atoms with Crippen molar-refractivity contribution in [3.63, 3.8) is 0 Å². The van der Waals surface area contributed by atoms with Crippen LogP contribution < -0.4 is 37.9 Å². The first-order chi connectivity index (χ1) is 56.8. The molecule has 115 heavy (non-hydrogen) atoms. The minimum Gasteiger partial charge on any atom is -0.490 e. The molecule has 10 aromatic carbocycles. The molecule has 8 atom stereocenters. The number of epoxide rings is 8. The van der Waals surface area contributed by atoms with Gasteiger partial charge in [-0.1, -0.05) is 206 Å². The summed E-state index contributed by atoms with van der Waals surface area (Å²) in [5, 5.41) is 0. The second kappa shape index (κ2) is 33.2. The first kappa shape index (κ1) is 75.5. The van der Waals surface area contributed by atoms with Gasteiger partial charge < -0.3 is 80.5 Å². The normalized spacial score (nSPS) is 22.3. The van der Waals surface area contributed by atoms with E-state index in [2.05, 4.69) is 109 Å². The average molecular weight is 1540 g/mol. The van der Waals surface area contributed by atoms with Gasteiger partial charge in [0.15, 0.2) is 0 Å². The summed E-state index contributed by atoms with van der Waals surface area (Å²) in [6, 6.07) is 78.5. The van der Waals surface area contributed by atoms with Crippen LogP contribution in [0.4, 0.5) is 0 Å². The summed E-state index contributed by atoms with van der Waals surface area (Å²) in [7, 11) is 0. The van der Waals surface area contributed by atoms with Crippen molar-refractivity contribution in [3.8, 4) is 46.0 Å². The zero-order valence-corrected chi connectivity index (χ0v) is 64.4. The van der Waals surface area contributed by atoms with Crippen LogP contribution in [-0.4, -0.2) is 155 Å². The number of hydrogen-bond donors (Lipinski definition) is 0. The van der Waals surface area contributed by atoms with Crippen LogP contribution in [-0.2, 0) is 77.5 Å². The molecule has 0 saturated carbocycles. The fraction of sp³-hybridized carbons (Fsp3) is 0.306. The van der Waals surface area contributed by atoms with Crippen LogP contribution in [0.25, 0.3) is 0 Å².